The second-order valence-corrected chi connectivity index (χ2v) is 5.72. The average Bonchev–Trinajstić information content (AvgIpc) is 2.60. The minimum absolute atomic E-state index is 0.391. The smallest absolute Gasteiger partial charge is 0.0644 e. The number of aryl methyl sites for hydroxylation is 2. The van der Waals surface area contributed by atoms with Gasteiger partial charge in [-0.1, -0.05) is 33.1 Å². The van der Waals surface area contributed by atoms with Crippen LogP contribution in [-0.2, 0) is 7.05 Å². The first kappa shape index (κ1) is 16.2. The van der Waals surface area contributed by atoms with Crippen molar-refractivity contribution in [3.63, 3.8) is 0 Å². The third-order valence-corrected chi connectivity index (χ3v) is 4.03. The van der Waals surface area contributed by atoms with Gasteiger partial charge in [-0.3, -0.25) is 4.68 Å². The van der Waals surface area contributed by atoms with Crippen LogP contribution >= 0.6 is 0 Å². The first-order valence-corrected chi connectivity index (χ1v) is 7.77. The summed E-state index contributed by atoms with van der Waals surface area (Å²) < 4.78 is 1.99. The molecule has 0 amide bonds. The van der Waals surface area contributed by atoms with Crippen molar-refractivity contribution in [1.82, 2.24) is 15.1 Å². The summed E-state index contributed by atoms with van der Waals surface area (Å²) in [5.41, 5.74) is 3.81. The summed E-state index contributed by atoms with van der Waals surface area (Å²) >= 11 is 0. The van der Waals surface area contributed by atoms with Crippen LogP contribution in [0.15, 0.2) is 0 Å². The number of rotatable bonds is 8. The molecular formula is C16H31N3. The van der Waals surface area contributed by atoms with E-state index in [1.807, 2.05) is 11.7 Å². The molecule has 0 fully saturated rings. The molecule has 110 valence electrons. The highest BCUT2D eigenvalue weighted by Crippen LogP contribution is 2.22. The number of hydrogen-bond donors (Lipinski definition) is 1. The summed E-state index contributed by atoms with van der Waals surface area (Å²) in [4.78, 5) is 0. The predicted octanol–water partition coefficient (Wildman–Crippen LogP) is 4.05. The van der Waals surface area contributed by atoms with Crippen LogP contribution in [0.1, 0.15) is 75.9 Å². The molecular weight excluding hydrogens is 234 g/mol. The van der Waals surface area contributed by atoms with E-state index in [0.29, 0.717) is 12.1 Å². The maximum Gasteiger partial charge on any atom is 0.0644 e. The van der Waals surface area contributed by atoms with Gasteiger partial charge in [0.25, 0.3) is 0 Å². The molecule has 0 aliphatic heterocycles. The van der Waals surface area contributed by atoms with Crippen molar-refractivity contribution >= 4 is 0 Å². The van der Waals surface area contributed by atoms with E-state index in [4.69, 9.17) is 0 Å². The molecule has 0 aliphatic rings. The Morgan fingerprint density at radius 1 is 1.16 bits per heavy atom. The molecule has 3 nitrogen and oxygen atoms in total. The largest absolute Gasteiger partial charge is 0.307 e. The number of hydrogen-bond acceptors (Lipinski definition) is 2. The number of unbranched alkanes of at least 4 members (excludes halogenated alkanes) is 1. The maximum absolute atomic E-state index is 4.52. The van der Waals surface area contributed by atoms with Crippen LogP contribution in [0.3, 0.4) is 0 Å². The lowest BCUT2D eigenvalue weighted by Crippen LogP contribution is -2.32. The first-order chi connectivity index (χ1) is 9.01. The Kier molecular flexibility index (Phi) is 6.56. The Hall–Kier alpha value is -0.830. The van der Waals surface area contributed by atoms with Gasteiger partial charge in [0, 0.05) is 30.4 Å². The lowest BCUT2D eigenvalue weighted by molar-refractivity contribution is 0.394. The van der Waals surface area contributed by atoms with Gasteiger partial charge >= 0.3 is 0 Å². The first-order valence-electron chi connectivity index (χ1n) is 7.77. The molecule has 1 aromatic heterocycles. The summed E-state index contributed by atoms with van der Waals surface area (Å²) in [6.07, 6.45) is 6.39. The van der Waals surface area contributed by atoms with Crippen molar-refractivity contribution in [1.29, 1.82) is 0 Å². The molecule has 0 bridgehead atoms. The summed E-state index contributed by atoms with van der Waals surface area (Å²) in [5.74, 6) is 0. The van der Waals surface area contributed by atoms with Gasteiger partial charge in [-0.2, -0.15) is 5.10 Å². The Labute approximate surface area is 118 Å². The highest BCUT2D eigenvalue weighted by atomic mass is 15.3. The molecule has 1 aromatic rings. The Morgan fingerprint density at radius 3 is 2.32 bits per heavy atom. The van der Waals surface area contributed by atoms with Gasteiger partial charge in [0.15, 0.2) is 0 Å². The Bertz CT molecular complexity index is 382. The summed E-state index contributed by atoms with van der Waals surface area (Å²) in [7, 11) is 2.03. The second kappa shape index (κ2) is 7.68. The zero-order valence-electron chi connectivity index (χ0n) is 13.6. The van der Waals surface area contributed by atoms with Gasteiger partial charge in [-0.15, -0.1) is 0 Å². The highest BCUT2D eigenvalue weighted by Gasteiger charge is 2.18. The summed E-state index contributed by atoms with van der Waals surface area (Å²) in [5, 5.41) is 8.33. The maximum atomic E-state index is 4.52. The molecule has 0 spiro atoms. The molecule has 1 rings (SSSR count). The topological polar surface area (TPSA) is 29.9 Å². The highest BCUT2D eigenvalue weighted by molar-refractivity contribution is 5.27. The van der Waals surface area contributed by atoms with Crippen LogP contribution in [-0.4, -0.2) is 15.8 Å². The normalized spacial score (nSPS) is 14.6. The molecule has 0 aromatic carbocycles. The van der Waals surface area contributed by atoms with Crippen molar-refractivity contribution < 1.29 is 0 Å². The van der Waals surface area contributed by atoms with Crippen molar-refractivity contribution in [2.75, 3.05) is 0 Å². The zero-order valence-corrected chi connectivity index (χ0v) is 13.6. The van der Waals surface area contributed by atoms with Gasteiger partial charge in [-0.05, 0) is 33.6 Å². The van der Waals surface area contributed by atoms with E-state index in [9.17, 15) is 0 Å². The predicted molar refractivity (Wildman–Crippen MR) is 82.5 cm³/mol. The van der Waals surface area contributed by atoms with E-state index in [1.54, 1.807) is 0 Å². The van der Waals surface area contributed by atoms with Gasteiger partial charge in [0.1, 0.15) is 0 Å². The van der Waals surface area contributed by atoms with Crippen LogP contribution in [0.4, 0.5) is 0 Å². The van der Waals surface area contributed by atoms with Crippen LogP contribution in [0, 0.1) is 13.8 Å². The zero-order chi connectivity index (χ0) is 14.4. The third kappa shape index (κ3) is 4.34. The van der Waals surface area contributed by atoms with E-state index in [-0.39, 0.29) is 0 Å². The number of nitrogens with zero attached hydrogens (tertiary/aromatic N) is 2. The summed E-state index contributed by atoms with van der Waals surface area (Å²) in [6.45, 7) is 11.1. The van der Waals surface area contributed by atoms with Crippen molar-refractivity contribution in [2.45, 2.75) is 78.8 Å². The van der Waals surface area contributed by atoms with Gasteiger partial charge in [0.2, 0.25) is 0 Å². The Balaban J connectivity index is 2.72. The number of aromatic nitrogens is 2. The van der Waals surface area contributed by atoms with Crippen LogP contribution in [0.5, 0.6) is 0 Å². The van der Waals surface area contributed by atoms with Crippen molar-refractivity contribution in [3.05, 3.63) is 17.0 Å². The third-order valence-electron chi connectivity index (χ3n) is 4.03. The SMILES string of the molecule is CCCCC(CCC)NC(C)c1c(C)nn(C)c1C. The van der Waals surface area contributed by atoms with Gasteiger partial charge in [-0.25, -0.2) is 0 Å². The van der Waals surface area contributed by atoms with E-state index in [1.165, 1.54) is 43.4 Å². The molecule has 1 heterocycles. The molecule has 0 saturated carbocycles. The fourth-order valence-corrected chi connectivity index (χ4v) is 2.96. The van der Waals surface area contributed by atoms with E-state index < -0.39 is 0 Å². The molecule has 2 unspecified atom stereocenters. The van der Waals surface area contributed by atoms with Gasteiger partial charge < -0.3 is 5.32 Å². The Morgan fingerprint density at radius 2 is 1.84 bits per heavy atom. The van der Waals surface area contributed by atoms with Crippen LogP contribution < -0.4 is 5.32 Å². The second-order valence-electron chi connectivity index (χ2n) is 5.72. The van der Waals surface area contributed by atoms with Crippen LogP contribution in [0.25, 0.3) is 0 Å². The van der Waals surface area contributed by atoms with Crippen molar-refractivity contribution in [2.24, 2.45) is 7.05 Å². The number of nitrogens with one attached hydrogen (secondary N) is 1. The fraction of sp³-hybridized carbons (Fsp3) is 0.812. The van der Waals surface area contributed by atoms with Crippen LogP contribution in [0.2, 0.25) is 0 Å². The molecule has 19 heavy (non-hydrogen) atoms. The molecule has 1 N–H and O–H groups in total. The lowest BCUT2D eigenvalue weighted by atomic mass is 10.0. The van der Waals surface area contributed by atoms with Crippen molar-refractivity contribution in [3.8, 4) is 0 Å². The monoisotopic (exact) mass is 265 g/mol. The molecule has 0 radical (unpaired) electrons. The van der Waals surface area contributed by atoms with E-state index >= 15 is 0 Å². The minimum atomic E-state index is 0.391. The molecule has 0 saturated heterocycles. The molecule has 0 aliphatic carbocycles. The molecule has 3 heteroatoms. The lowest BCUT2D eigenvalue weighted by Gasteiger charge is -2.23. The average molecular weight is 265 g/mol. The minimum Gasteiger partial charge on any atom is -0.307 e. The quantitative estimate of drug-likeness (QED) is 0.768. The fourth-order valence-electron chi connectivity index (χ4n) is 2.96. The molecule has 2 atom stereocenters. The van der Waals surface area contributed by atoms with Gasteiger partial charge in [0.05, 0.1) is 5.69 Å². The van der Waals surface area contributed by atoms with E-state index in [2.05, 4.69) is 45.0 Å². The summed E-state index contributed by atoms with van der Waals surface area (Å²) in [6, 6.07) is 1.03. The van der Waals surface area contributed by atoms with E-state index in [0.717, 1.165) is 5.69 Å². The standard InChI is InChI=1S/C16H31N3/c1-7-9-11-15(10-8-2)17-12(3)16-13(4)18-19(6)14(16)5/h12,15,17H,7-11H2,1-6H3.